The molecule has 2 heterocycles. The molecule has 0 amide bonds. The van der Waals surface area contributed by atoms with Crippen molar-refractivity contribution >= 4 is 16.9 Å². The molecule has 0 aliphatic carbocycles. The van der Waals surface area contributed by atoms with Crippen molar-refractivity contribution in [1.82, 2.24) is 18.7 Å². The zero-order valence-corrected chi connectivity index (χ0v) is 13.5. The Hall–Kier alpha value is -2.18. The van der Waals surface area contributed by atoms with Gasteiger partial charge in [-0.25, -0.2) is 9.78 Å². The van der Waals surface area contributed by atoms with Crippen LogP contribution in [0.25, 0.3) is 11.2 Å². The Morgan fingerprint density at radius 3 is 2.55 bits per heavy atom. The number of hydrogen-bond donors (Lipinski definition) is 0. The highest BCUT2D eigenvalue weighted by molar-refractivity contribution is 5.75. The lowest BCUT2D eigenvalue weighted by molar-refractivity contribution is -0.117. The van der Waals surface area contributed by atoms with E-state index in [2.05, 4.69) is 4.98 Å². The van der Waals surface area contributed by atoms with Gasteiger partial charge in [-0.05, 0) is 33.6 Å². The fourth-order valence-electron chi connectivity index (χ4n) is 2.58. The van der Waals surface area contributed by atoms with Crippen molar-refractivity contribution in [2.45, 2.75) is 52.6 Å². The Bertz CT molecular complexity index is 811. The van der Waals surface area contributed by atoms with Gasteiger partial charge in [-0.15, -0.1) is 0 Å². The van der Waals surface area contributed by atoms with Crippen molar-refractivity contribution in [3.05, 3.63) is 27.2 Å². The number of rotatable bonds is 6. The van der Waals surface area contributed by atoms with Gasteiger partial charge in [0, 0.05) is 26.1 Å². The molecule has 120 valence electrons. The van der Waals surface area contributed by atoms with Crippen LogP contribution < -0.4 is 11.2 Å². The summed E-state index contributed by atoms with van der Waals surface area (Å²) in [7, 11) is 1.74. The van der Waals surface area contributed by atoms with E-state index in [1.807, 2.05) is 13.8 Å². The van der Waals surface area contributed by atoms with Gasteiger partial charge in [-0.1, -0.05) is 0 Å². The number of Topliss-reactive ketones (excluding diaryl/α,β-unsaturated/α-hetero) is 1. The molecule has 0 aromatic carbocycles. The van der Waals surface area contributed by atoms with Gasteiger partial charge in [-0.3, -0.25) is 13.9 Å². The van der Waals surface area contributed by atoms with E-state index in [4.69, 9.17) is 0 Å². The van der Waals surface area contributed by atoms with Crippen LogP contribution in [0, 0.1) is 0 Å². The molecule has 0 fully saturated rings. The van der Waals surface area contributed by atoms with Gasteiger partial charge in [-0.2, -0.15) is 0 Å². The second-order valence-corrected chi connectivity index (χ2v) is 5.89. The number of carbonyl (C=O) groups excluding carboxylic acids is 1. The lowest BCUT2D eigenvalue weighted by Crippen LogP contribution is -2.41. The zero-order valence-electron chi connectivity index (χ0n) is 13.5. The van der Waals surface area contributed by atoms with E-state index in [1.54, 1.807) is 29.4 Å². The second kappa shape index (κ2) is 6.29. The molecule has 0 unspecified atom stereocenters. The molecule has 7 heteroatoms. The number of hydrogen-bond acceptors (Lipinski definition) is 4. The van der Waals surface area contributed by atoms with Gasteiger partial charge in [0.2, 0.25) is 0 Å². The third-order valence-corrected chi connectivity index (χ3v) is 3.71. The van der Waals surface area contributed by atoms with E-state index >= 15 is 0 Å². The number of carbonyl (C=O) groups is 1. The molecule has 0 aliphatic rings. The van der Waals surface area contributed by atoms with Crippen LogP contribution in [0.15, 0.2) is 15.9 Å². The molecular formula is C15H22N4O3. The summed E-state index contributed by atoms with van der Waals surface area (Å²) < 4.78 is 4.44. The highest BCUT2D eigenvalue weighted by Gasteiger charge is 2.18. The van der Waals surface area contributed by atoms with E-state index in [9.17, 15) is 14.4 Å². The molecule has 2 rings (SSSR count). The average Bonchev–Trinajstić information content (AvgIpc) is 2.79. The third kappa shape index (κ3) is 2.88. The molecule has 0 N–H and O–H groups in total. The van der Waals surface area contributed by atoms with Crippen molar-refractivity contribution in [3.63, 3.8) is 0 Å². The first-order valence-corrected chi connectivity index (χ1v) is 7.50. The van der Waals surface area contributed by atoms with Crippen LogP contribution in [0.5, 0.6) is 0 Å². The van der Waals surface area contributed by atoms with Gasteiger partial charge >= 0.3 is 5.69 Å². The van der Waals surface area contributed by atoms with E-state index in [0.29, 0.717) is 37.0 Å². The minimum Gasteiger partial charge on any atom is -0.328 e. The van der Waals surface area contributed by atoms with Gasteiger partial charge in [0.15, 0.2) is 11.2 Å². The molecule has 7 nitrogen and oxygen atoms in total. The fourth-order valence-corrected chi connectivity index (χ4v) is 2.58. The summed E-state index contributed by atoms with van der Waals surface area (Å²) >= 11 is 0. The maximum atomic E-state index is 12.6. The maximum Gasteiger partial charge on any atom is 0.332 e. The number of aromatic nitrogens is 4. The highest BCUT2D eigenvalue weighted by atomic mass is 16.2. The van der Waals surface area contributed by atoms with Crippen molar-refractivity contribution < 1.29 is 4.79 Å². The normalized spacial score (nSPS) is 11.5. The number of imidazole rings is 1. The fraction of sp³-hybridized carbons (Fsp3) is 0.600. The van der Waals surface area contributed by atoms with E-state index in [1.165, 1.54) is 4.57 Å². The van der Waals surface area contributed by atoms with Gasteiger partial charge in [0.1, 0.15) is 5.78 Å². The van der Waals surface area contributed by atoms with Crippen LogP contribution in [-0.2, 0) is 18.4 Å². The molecule has 2 aromatic rings. The standard InChI is InChI=1S/C15H22N4O3/c1-10(2)19-13-12(17(4)9-16-13)14(21)18(15(19)22)8-6-5-7-11(3)20/h9-10H,5-8H2,1-4H3. The number of aryl methyl sites for hydroxylation is 1. The molecule has 0 saturated carbocycles. The summed E-state index contributed by atoms with van der Waals surface area (Å²) in [6, 6.07) is -0.0889. The number of ketones is 1. The first-order valence-electron chi connectivity index (χ1n) is 7.50. The number of fused-ring (bicyclic) bond motifs is 1. The van der Waals surface area contributed by atoms with Crippen LogP contribution in [0.3, 0.4) is 0 Å². The molecule has 0 radical (unpaired) electrons. The van der Waals surface area contributed by atoms with Crippen molar-refractivity contribution in [2.75, 3.05) is 0 Å². The summed E-state index contributed by atoms with van der Waals surface area (Å²) in [4.78, 5) is 40.3. The van der Waals surface area contributed by atoms with E-state index in [-0.39, 0.29) is 23.1 Å². The van der Waals surface area contributed by atoms with Crippen molar-refractivity contribution in [2.24, 2.45) is 7.05 Å². The van der Waals surface area contributed by atoms with Gasteiger partial charge in [0.05, 0.1) is 6.33 Å². The Labute approximate surface area is 128 Å². The monoisotopic (exact) mass is 306 g/mol. The van der Waals surface area contributed by atoms with Crippen LogP contribution in [0.2, 0.25) is 0 Å². The van der Waals surface area contributed by atoms with Crippen molar-refractivity contribution in [3.8, 4) is 0 Å². The predicted molar refractivity (Wildman–Crippen MR) is 84.2 cm³/mol. The summed E-state index contributed by atoms with van der Waals surface area (Å²) in [5.74, 6) is 0.119. The molecule has 0 bridgehead atoms. The van der Waals surface area contributed by atoms with E-state index < -0.39 is 0 Å². The zero-order chi connectivity index (χ0) is 16.4. The summed E-state index contributed by atoms with van der Waals surface area (Å²) in [5.41, 5.74) is 0.195. The quantitative estimate of drug-likeness (QED) is 0.752. The molecule has 22 heavy (non-hydrogen) atoms. The van der Waals surface area contributed by atoms with Crippen LogP contribution in [-0.4, -0.2) is 24.5 Å². The maximum absolute atomic E-state index is 12.6. The lowest BCUT2D eigenvalue weighted by Gasteiger charge is -2.14. The van der Waals surface area contributed by atoms with Crippen LogP contribution in [0.4, 0.5) is 0 Å². The highest BCUT2D eigenvalue weighted by Crippen LogP contribution is 2.10. The molecule has 2 aromatic heterocycles. The Kier molecular flexibility index (Phi) is 4.63. The second-order valence-electron chi connectivity index (χ2n) is 5.89. The topological polar surface area (TPSA) is 78.9 Å². The number of nitrogens with zero attached hydrogens (tertiary/aromatic N) is 4. The largest absolute Gasteiger partial charge is 0.332 e. The van der Waals surface area contributed by atoms with Crippen LogP contribution >= 0.6 is 0 Å². The molecule has 0 spiro atoms. The molecule has 0 saturated heterocycles. The minimum atomic E-state index is -0.339. The first-order chi connectivity index (χ1) is 10.3. The summed E-state index contributed by atoms with van der Waals surface area (Å²) in [6.07, 6.45) is 3.31. The lowest BCUT2D eigenvalue weighted by atomic mass is 10.2. The summed E-state index contributed by atoms with van der Waals surface area (Å²) in [6.45, 7) is 5.64. The smallest absolute Gasteiger partial charge is 0.328 e. The summed E-state index contributed by atoms with van der Waals surface area (Å²) in [5, 5.41) is 0. The molecule has 0 aliphatic heterocycles. The first kappa shape index (κ1) is 16.2. The molecule has 0 atom stereocenters. The SMILES string of the molecule is CC(=O)CCCCn1c(=O)c2c(ncn2C)n(C(C)C)c1=O. The van der Waals surface area contributed by atoms with Crippen LogP contribution in [0.1, 0.15) is 46.1 Å². The van der Waals surface area contributed by atoms with Crippen molar-refractivity contribution in [1.29, 1.82) is 0 Å². The Morgan fingerprint density at radius 2 is 1.95 bits per heavy atom. The predicted octanol–water partition coefficient (Wildman–Crippen LogP) is 1.24. The van der Waals surface area contributed by atoms with Gasteiger partial charge in [0.25, 0.3) is 5.56 Å². The van der Waals surface area contributed by atoms with E-state index in [0.717, 1.165) is 0 Å². The molecular weight excluding hydrogens is 284 g/mol. The third-order valence-electron chi connectivity index (χ3n) is 3.71. The van der Waals surface area contributed by atoms with Gasteiger partial charge < -0.3 is 9.36 Å². The Morgan fingerprint density at radius 1 is 1.27 bits per heavy atom. The Balaban J connectivity index is 2.49. The average molecular weight is 306 g/mol. The number of unbranched alkanes of at least 4 members (excludes halogenated alkanes) is 1. The minimum absolute atomic E-state index is 0.0889.